The minimum atomic E-state index is -0.278. The van der Waals surface area contributed by atoms with E-state index in [0.29, 0.717) is 18.6 Å². The maximum absolute atomic E-state index is 12.1. The first-order valence-corrected chi connectivity index (χ1v) is 6.82. The lowest BCUT2D eigenvalue weighted by atomic mass is 10.0. The number of hydrogen-bond acceptors (Lipinski definition) is 3. The van der Waals surface area contributed by atoms with Gasteiger partial charge in [0.05, 0.1) is 0 Å². The Balaban J connectivity index is 1.75. The SMILES string of the molecule is O=C(c1ccc(N2CCCC2=O)cc1)C1CCCO1. The Morgan fingerprint density at radius 1 is 1.21 bits per heavy atom. The molecule has 0 bridgehead atoms. The summed E-state index contributed by atoms with van der Waals surface area (Å²) in [7, 11) is 0. The number of Topliss-reactive ketones (excluding diaryl/α,β-unsaturated/α-hetero) is 1. The Morgan fingerprint density at radius 2 is 2.00 bits per heavy atom. The average Bonchev–Trinajstić information content (AvgIpc) is 3.09. The van der Waals surface area contributed by atoms with Crippen LogP contribution in [0.2, 0.25) is 0 Å². The van der Waals surface area contributed by atoms with Crippen LogP contribution < -0.4 is 4.90 Å². The fourth-order valence-corrected chi connectivity index (χ4v) is 2.70. The van der Waals surface area contributed by atoms with Gasteiger partial charge in [0.15, 0.2) is 5.78 Å². The Bertz CT molecular complexity index is 489. The molecule has 0 radical (unpaired) electrons. The molecule has 0 spiro atoms. The van der Waals surface area contributed by atoms with Crippen molar-refractivity contribution < 1.29 is 14.3 Å². The lowest BCUT2D eigenvalue weighted by molar-refractivity contribution is -0.117. The van der Waals surface area contributed by atoms with Gasteiger partial charge in [-0.05, 0) is 43.5 Å². The summed E-state index contributed by atoms with van der Waals surface area (Å²) in [5.41, 5.74) is 1.55. The monoisotopic (exact) mass is 259 g/mol. The smallest absolute Gasteiger partial charge is 0.227 e. The molecule has 4 nitrogen and oxygen atoms in total. The Hall–Kier alpha value is -1.68. The van der Waals surface area contributed by atoms with Crippen LogP contribution in [0.1, 0.15) is 36.0 Å². The molecule has 0 aliphatic carbocycles. The van der Waals surface area contributed by atoms with Crippen LogP contribution in [-0.2, 0) is 9.53 Å². The molecular weight excluding hydrogens is 242 g/mol. The average molecular weight is 259 g/mol. The number of carbonyl (C=O) groups is 2. The summed E-state index contributed by atoms with van der Waals surface area (Å²) in [5, 5.41) is 0. The van der Waals surface area contributed by atoms with E-state index in [-0.39, 0.29) is 17.8 Å². The zero-order valence-corrected chi connectivity index (χ0v) is 10.8. The molecule has 2 aliphatic heterocycles. The molecule has 2 heterocycles. The van der Waals surface area contributed by atoms with Gasteiger partial charge in [-0.3, -0.25) is 9.59 Å². The van der Waals surface area contributed by atoms with E-state index in [1.807, 2.05) is 12.1 Å². The summed E-state index contributed by atoms with van der Waals surface area (Å²) < 4.78 is 5.40. The molecule has 1 atom stereocenters. The van der Waals surface area contributed by atoms with E-state index in [4.69, 9.17) is 4.74 Å². The van der Waals surface area contributed by atoms with Gasteiger partial charge in [-0.1, -0.05) is 0 Å². The van der Waals surface area contributed by atoms with E-state index in [9.17, 15) is 9.59 Å². The van der Waals surface area contributed by atoms with Crippen molar-refractivity contribution in [2.24, 2.45) is 0 Å². The van der Waals surface area contributed by atoms with E-state index < -0.39 is 0 Å². The van der Waals surface area contributed by atoms with Crippen molar-refractivity contribution in [2.45, 2.75) is 31.8 Å². The van der Waals surface area contributed by atoms with Gasteiger partial charge >= 0.3 is 0 Å². The summed E-state index contributed by atoms with van der Waals surface area (Å²) >= 11 is 0. The predicted octanol–water partition coefficient (Wildman–Crippen LogP) is 2.18. The van der Waals surface area contributed by atoms with Crippen molar-refractivity contribution in [2.75, 3.05) is 18.1 Å². The van der Waals surface area contributed by atoms with Crippen molar-refractivity contribution in [1.29, 1.82) is 0 Å². The largest absolute Gasteiger partial charge is 0.370 e. The first kappa shape index (κ1) is 12.4. The number of hydrogen-bond donors (Lipinski definition) is 0. The summed E-state index contributed by atoms with van der Waals surface area (Å²) in [6.07, 6.45) is 3.02. The van der Waals surface area contributed by atoms with Crippen LogP contribution >= 0.6 is 0 Å². The first-order valence-electron chi connectivity index (χ1n) is 6.82. The highest BCUT2D eigenvalue weighted by Crippen LogP contribution is 2.23. The summed E-state index contributed by atoms with van der Waals surface area (Å²) in [4.78, 5) is 25.6. The lowest BCUT2D eigenvalue weighted by Gasteiger charge is -2.16. The van der Waals surface area contributed by atoms with Crippen LogP contribution in [0.15, 0.2) is 24.3 Å². The molecule has 100 valence electrons. The van der Waals surface area contributed by atoms with Gasteiger partial charge < -0.3 is 9.64 Å². The van der Waals surface area contributed by atoms with Gasteiger partial charge in [-0.25, -0.2) is 0 Å². The molecule has 1 aromatic carbocycles. The highest BCUT2D eigenvalue weighted by Gasteiger charge is 2.25. The third-order valence-electron chi connectivity index (χ3n) is 3.76. The second kappa shape index (κ2) is 5.13. The highest BCUT2D eigenvalue weighted by atomic mass is 16.5. The molecular formula is C15H17NO3. The van der Waals surface area contributed by atoms with Gasteiger partial charge in [0, 0.05) is 30.8 Å². The molecule has 2 aliphatic rings. The van der Waals surface area contributed by atoms with Crippen LogP contribution in [0.5, 0.6) is 0 Å². The molecule has 0 N–H and O–H groups in total. The molecule has 0 saturated carbocycles. The molecule has 0 aromatic heterocycles. The molecule has 1 aromatic rings. The highest BCUT2D eigenvalue weighted by molar-refractivity contribution is 6.00. The number of benzene rings is 1. The van der Waals surface area contributed by atoms with Gasteiger partial charge in [-0.15, -0.1) is 0 Å². The summed E-state index contributed by atoms with van der Waals surface area (Å²) in [6.45, 7) is 1.45. The Morgan fingerprint density at radius 3 is 2.58 bits per heavy atom. The number of carbonyl (C=O) groups excluding carboxylic acids is 2. The third kappa shape index (κ3) is 2.40. The third-order valence-corrected chi connectivity index (χ3v) is 3.76. The first-order chi connectivity index (χ1) is 9.25. The van der Waals surface area contributed by atoms with Gasteiger partial charge in [0.1, 0.15) is 6.10 Å². The quantitative estimate of drug-likeness (QED) is 0.782. The van der Waals surface area contributed by atoms with Crippen LogP contribution in [-0.4, -0.2) is 30.9 Å². The van der Waals surface area contributed by atoms with Crippen molar-refractivity contribution in [1.82, 2.24) is 0 Å². The Labute approximate surface area is 112 Å². The van der Waals surface area contributed by atoms with Gasteiger partial charge in [0.2, 0.25) is 5.91 Å². The lowest BCUT2D eigenvalue weighted by Crippen LogP contribution is -2.24. The second-order valence-electron chi connectivity index (χ2n) is 5.06. The van der Waals surface area contributed by atoms with Gasteiger partial charge in [-0.2, -0.15) is 0 Å². The minimum Gasteiger partial charge on any atom is -0.370 e. The van der Waals surface area contributed by atoms with Crippen molar-refractivity contribution in [3.8, 4) is 0 Å². The van der Waals surface area contributed by atoms with Crippen molar-refractivity contribution in [3.63, 3.8) is 0 Å². The van der Waals surface area contributed by atoms with Crippen molar-refractivity contribution in [3.05, 3.63) is 29.8 Å². The molecule has 3 rings (SSSR count). The molecule has 2 fully saturated rings. The fraction of sp³-hybridized carbons (Fsp3) is 0.467. The zero-order valence-electron chi connectivity index (χ0n) is 10.8. The fourth-order valence-electron chi connectivity index (χ4n) is 2.70. The number of ketones is 1. The zero-order chi connectivity index (χ0) is 13.2. The standard InChI is InChI=1S/C15H17NO3/c17-14-4-1-9-16(14)12-7-5-11(6-8-12)15(18)13-3-2-10-19-13/h5-8,13H,1-4,9-10H2. The van der Waals surface area contributed by atoms with E-state index in [0.717, 1.165) is 31.5 Å². The van der Waals surface area contributed by atoms with Crippen LogP contribution in [0.25, 0.3) is 0 Å². The maximum atomic E-state index is 12.1. The second-order valence-corrected chi connectivity index (χ2v) is 5.06. The summed E-state index contributed by atoms with van der Waals surface area (Å²) in [6, 6.07) is 7.30. The molecule has 2 saturated heterocycles. The van der Waals surface area contributed by atoms with E-state index >= 15 is 0 Å². The number of ether oxygens (including phenoxy) is 1. The number of nitrogens with zero attached hydrogens (tertiary/aromatic N) is 1. The molecule has 1 amide bonds. The van der Waals surface area contributed by atoms with E-state index in [1.165, 1.54) is 0 Å². The topological polar surface area (TPSA) is 46.6 Å². The molecule has 4 heteroatoms. The minimum absolute atomic E-state index is 0.0526. The number of rotatable bonds is 3. The van der Waals surface area contributed by atoms with Gasteiger partial charge in [0.25, 0.3) is 0 Å². The predicted molar refractivity (Wildman–Crippen MR) is 71.3 cm³/mol. The number of anilines is 1. The molecule has 1 unspecified atom stereocenters. The normalized spacial score (nSPS) is 23.1. The van der Waals surface area contributed by atoms with E-state index in [2.05, 4.69) is 0 Å². The van der Waals surface area contributed by atoms with Crippen LogP contribution in [0, 0.1) is 0 Å². The van der Waals surface area contributed by atoms with Crippen LogP contribution in [0.4, 0.5) is 5.69 Å². The molecule has 19 heavy (non-hydrogen) atoms. The van der Waals surface area contributed by atoms with Crippen LogP contribution in [0.3, 0.4) is 0 Å². The van der Waals surface area contributed by atoms with Crippen molar-refractivity contribution >= 4 is 17.4 Å². The van der Waals surface area contributed by atoms with E-state index in [1.54, 1.807) is 17.0 Å². The maximum Gasteiger partial charge on any atom is 0.227 e. The number of amides is 1. The Kier molecular flexibility index (Phi) is 3.34. The summed E-state index contributed by atoms with van der Waals surface area (Å²) in [5.74, 6) is 0.218.